The zero-order valence-electron chi connectivity index (χ0n) is 9.77. The van der Waals surface area contributed by atoms with Crippen molar-refractivity contribution in [2.45, 2.75) is 13.8 Å². The molecule has 0 aliphatic rings. The van der Waals surface area contributed by atoms with Gasteiger partial charge in [-0.15, -0.1) is 4.91 Å². The molecule has 0 spiro atoms. The Hall–Kier alpha value is -2.16. The highest BCUT2D eigenvalue weighted by Crippen LogP contribution is 2.31. The molecule has 0 amide bonds. The number of para-hydroxylation sites is 1. The topological polar surface area (TPSA) is 34.4 Å². The zero-order valence-corrected chi connectivity index (χ0v) is 9.77. The van der Waals surface area contributed by atoms with E-state index in [1.807, 2.05) is 37.3 Å². The van der Waals surface area contributed by atoms with Crippen molar-refractivity contribution in [1.29, 1.82) is 0 Å². The van der Waals surface area contributed by atoms with Gasteiger partial charge in [0.2, 0.25) is 0 Å². The summed E-state index contributed by atoms with van der Waals surface area (Å²) in [5.74, 6) is 0. The van der Waals surface area contributed by atoms with Gasteiger partial charge in [0.05, 0.1) is 16.3 Å². The summed E-state index contributed by atoms with van der Waals surface area (Å²) in [7, 11) is 0. The number of fused-ring (bicyclic) bond motifs is 3. The molecule has 3 heteroatoms. The van der Waals surface area contributed by atoms with E-state index in [1.165, 1.54) is 10.2 Å². The van der Waals surface area contributed by atoms with Crippen molar-refractivity contribution in [3.63, 3.8) is 0 Å². The van der Waals surface area contributed by atoms with Crippen molar-refractivity contribution in [1.82, 2.24) is 4.68 Å². The van der Waals surface area contributed by atoms with Crippen LogP contribution in [0.25, 0.3) is 21.8 Å². The van der Waals surface area contributed by atoms with Crippen LogP contribution in [-0.2, 0) is 0 Å². The van der Waals surface area contributed by atoms with Gasteiger partial charge in [-0.1, -0.05) is 24.3 Å². The number of aryl methyl sites for hydroxylation is 2. The van der Waals surface area contributed by atoms with Crippen LogP contribution in [0.3, 0.4) is 0 Å². The summed E-state index contributed by atoms with van der Waals surface area (Å²) in [6.07, 6.45) is 0. The molecule has 1 aromatic heterocycles. The van der Waals surface area contributed by atoms with Crippen LogP contribution in [0.1, 0.15) is 11.1 Å². The smallest absolute Gasteiger partial charge is 0.0769 e. The lowest BCUT2D eigenvalue weighted by molar-refractivity contribution is 0.952. The number of benzene rings is 2. The van der Waals surface area contributed by atoms with Gasteiger partial charge >= 0.3 is 0 Å². The predicted octanol–water partition coefficient (Wildman–Crippen LogP) is 3.94. The van der Waals surface area contributed by atoms with Crippen LogP contribution < -0.4 is 0 Å². The second-order valence-corrected chi connectivity index (χ2v) is 4.39. The van der Waals surface area contributed by atoms with E-state index < -0.39 is 0 Å². The van der Waals surface area contributed by atoms with E-state index in [-0.39, 0.29) is 0 Å². The number of rotatable bonds is 1. The molecule has 17 heavy (non-hydrogen) atoms. The highest BCUT2D eigenvalue weighted by molar-refractivity contribution is 6.09. The first kappa shape index (κ1) is 10.0. The Morgan fingerprint density at radius 2 is 1.82 bits per heavy atom. The molecule has 0 unspecified atom stereocenters. The molecule has 0 atom stereocenters. The highest BCUT2D eigenvalue weighted by Gasteiger charge is 2.12. The molecule has 0 aliphatic carbocycles. The maximum absolute atomic E-state index is 11.0. The van der Waals surface area contributed by atoms with Gasteiger partial charge in [-0.2, -0.15) is 4.68 Å². The second kappa shape index (κ2) is 3.42. The Labute approximate surface area is 98.6 Å². The first-order chi connectivity index (χ1) is 8.22. The van der Waals surface area contributed by atoms with Crippen LogP contribution in [0.15, 0.2) is 41.7 Å². The van der Waals surface area contributed by atoms with Crippen LogP contribution >= 0.6 is 0 Å². The normalized spacial score (nSPS) is 11.2. The number of hydrogen-bond donors (Lipinski definition) is 0. The van der Waals surface area contributed by atoms with Crippen LogP contribution in [0.5, 0.6) is 0 Å². The summed E-state index contributed by atoms with van der Waals surface area (Å²) in [5, 5.41) is 5.34. The Balaban J connectivity index is 2.68. The van der Waals surface area contributed by atoms with Crippen LogP contribution in [-0.4, -0.2) is 4.68 Å². The van der Waals surface area contributed by atoms with Crippen molar-refractivity contribution >= 4 is 21.8 Å². The minimum absolute atomic E-state index is 0.867. The van der Waals surface area contributed by atoms with Gasteiger partial charge in [-0.3, -0.25) is 0 Å². The third-order valence-corrected chi connectivity index (χ3v) is 3.17. The lowest BCUT2D eigenvalue weighted by Gasteiger charge is -2.00. The van der Waals surface area contributed by atoms with E-state index in [0.717, 1.165) is 27.4 Å². The largest absolute Gasteiger partial charge is 0.196 e. The molecule has 84 valence electrons. The minimum Gasteiger partial charge on any atom is -0.196 e. The van der Waals surface area contributed by atoms with Crippen LogP contribution in [0.4, 0.5) is 0 Å². The van der Waals surface area contributed by atoms with E-state index in [9.17, 15) is 4.91 Å². The average Bonchev–Trinajstić information content (AvgIpc) is 2.62. The Morgan fingerprint density at radius 3 is 2.59 bits per heavy atom. The molecule has 0 aliphatic heterocycles. The third-order valence-electron chi connectivity index (χ3n) is 3.17. The molecular weight excluding hydrogens is 212 g/mol. The van der Waals surface area contributed by atoms with E-state index in [1.54, 1.807) is 0 Å². The first-order valence-corrected chi connectivity index (χ1v) is 5.56. The van der Waals surface area contributed by atoms with E-state index in [2.05, 4.69) is 18.3 Å². The number of aromatic nitrogens is 1. The molecule has 3 rings (SSSR count). The van der Waals surface area contributed by atoms with Crippen molar-refractivity contribution in [2.75, 3.05) is 0 Å². The number of hydrogen-bond acceptors (Lipinski definition) is 2. The fourth-order valence-corrected chi connectivity index (χ4v) is 2.55. The molecule has 0 saturated carbocycles. The maximum Gasteiger partial charge on any atom is 0.0769 e. The predicted molar refractivity (Wildman–Crippen MR) is 70.1 cm³/mol. The van der Waals surface area contributed by atoms with Gasteiger partial charge in [-0.25, -0.2) is 0 Å². The Morgan fingerprint density at radius 1 is 1.06 bits per heavy atom. The van der Waals surface area contributed by atoms with Crippen LogP contribution in [0.2, 0.25) is 0 Å². The zero-order chi connectivity index (χ0) is 12.0. The maximum atomic E-state index is 11.0. The number of nitrogens with zero attached hydrogens (tertiary/aromatic N) is 2. The monoisotopic (exact) mass is 224 g/mol. The molecule has 2 aromatic carbocycles. The SMILES string of the molecule is Cc1cc(C)c2c3ccccc3n(N=O)c2c1. The highest BCUT2D eigenvalue weighted by atomic mass is 16.3. The molecular formula is C14H12N2O. The van der Waals surface area contributed by atoms with Crippen molar-refractivity contribution in [3.8, 4) is 0 Å². The Bertz CT molecular complexity index is 741. The fourth-order valence-electron chi connectivity index (χ4n) is 2.55. The third kappa shape index (κ3) is 1.29. The van der Waals surface area contributed by atoms with Gasteiger partial charge in [0, 0.05) is 10.8 Å². The molecule has 3 nitrogen and oxygen atoms in total. The van der Waals surface area contributed by atoms with Gasteiger partial charge in [0.1, 0.15) is 0 Å². The van der Waals surface area contributed by atoms with Gasteiger partial charge < -0.3 is 0 Å². The number of nitroso groups, excluding NO2 is 1. The van der Waals surface area contributed by atoms with Crippen molar-refractivity contribution < 1.29 is 0 Å². The summed E-state index contributed by atoms with van der Waals surface area (Å²) in [4.78, 5) is 11.0. The average molecular weight is 224 g/mol. The van der Waals surface area contributed by atoms with E-state index >= 15 is 0 Å². The molecule has 0 N–H and O–H groups in total. The lowest BCUT2D eigenvalue weighted by atomic mass is 10.1. The Kier molecular flexibility index (Phi) is 2.01. The summed E-state index contributed by atoms with van der Waals surface area (Å²) in [5.41, 5.74) is 4.08. The molecule has 0 bridgehead atoms. The first-order valence-electron chi connectivity index (χ1n) is 5.56. The molecule has 3 aromatic rings. The molecule has 0 radical (unpaired) electrons. The van der Waals surface area contributed by atoms with Crippen LogP contribution in [0, 0.1) is 18.8 Å². The van der Waals surface area contributed by atoms with Crippen molar-refractivity contribution in [3.05, 3.63) is 52.4 Å². The summed E-state index contributed by atoms with van der Waals surface area (Å²) in [6, 6.07) is 12.0. The summed E-state index contributed by atoms with van der Waals surface area (Å²) >= 11 is 0. The second-order valence-electron chi connectivity index (χ2n) is 4.39. The van der Waals surface area contributed by atoms with Gasteiger partial charge in [0.25, 0.3) is 0 Å². The molecule has 0 saturated heterocycles. The summed E-state index contributed by atoms with van der Waals surface area (Å²) < 4.78 is 1.48. The quantitative estimate of drug-likeness (QED) is 0.576. The lowest BCUT2D eigenvalue weighted by Crippen LogP contribution is -1.86. The van der Waals surface area contributed by atoms with Gasteiger partial charge in [-0.05, 0) is 37.1 Å². The molecule has 0 fully saturated rings. The minimum atomic E-state index is 0.867. The summed E-state index contributed by atoms with van der Waals surface area (Å²) in [6.45, 7) is 4.09. The van der Waals surface area contributed by atoms with E-state index in [0.29, 0.717) is 0 Å². The molecule has 1 heterocycles. The van der Waals surface area contributed by atoms with Crippen molar-refractivity contribution in [2.24, 2.45) is 5.29 Å². The fraction of sp³-hybridized carbons (Fsp3) is 0.143. The standard InChI is InChI=1S/C14H12N2O/c1-9-7-10(2)14-11-5-3-4-6-12(11)16(15-17)13(14)8-9/h3-8H,1-2H3. The van der Waals surface area contributed by atoms with E-state index in [4.69, 9.17) is 0 Å². The van der Waals surface area contributed by atoms with Gasteiger partial charge in [0.15, 0.2) is 0 Å².